The summed E-state index contributed by atoms with van der Waals surface area (Å²) in [7, 11) is -4.23. The van der Waals surface area contributed by atoms with Gasteiger partial charge in [-0.2, -0.15) is 0 Å². The van der Waals surface area contributed by atoms with Crippen molar-refractivity contribution in [2.75, 3.05) is 0 Å². The van der Waals surface area contributed by atoms with Crippen LogP contribution in [-0.2, 0) is 10.1 Å². The maximum absolute atomic E-state index is 11.1. The fourth-order valence-electron chi connectivity index (χ4n) is 2.97. The van der Waals surface area contributed by atoms with Crippen LogP contribution in [0.5, 0.6) is 0 Å². The molecule has 0 aliphatic carbocycles. The Morgan fingerprint density at radius 1 is 0.750 bits per heavy atom. The van der Waals surface area contributed by atoms with Crippen LogP contribution in [0.15, 0.2) is 0 Å². The van der Waals surface area contributed by atoms with Crippen molar-refractivity contribution < 1.29 is 69.5 Å². The van der Waals surface area contributed by atoms with Crippen molar-refractivity contribution in [1.29, 1.82) is 0 Å². The number of unbranched alkanes of at least 4 members (excludes halogenated alkanes) is 8. The fourth-order valence-corrected chi connectivity index (χ4v) is 3.92. The minimum Gasteiger partial charge on any atom is -0.748 e. The van der Waals surface area contributed by atoms with E-state index in [1.54, 1.807) is 0 Å². The van der Waals surface area contributed by atoms with E-state index in [0.717, 1.165) is 12.8 Å². The molecule has 0 aromatic carbocycles. The predicted molar refractivity (Wildman–Crippen MR) is 95.5 cm³/mol. The summed E-state index contributed by atoms with van der Waals surface area (Å²) in [4.78, 5) is 0. The third-order valence-electron chi connectivity index (χ3n) is 4.48. The number of aliphatic hydroxyl groups is 1. The molecule has 0 saturated carbocycles. The minimum absolute atomic E-state index is 0. The summed E-state index contributed by atoms with van der Waals surface area (Å²) < 4.78 is 33.4. The van der Waals surface area contributed by atoms with E-state index < -0.39 is 21.5 Å². The molecule has 0 spiro atoms. The smallest absolute Gasteiger partial charge is 0.748 e. The van der Waals surface area contributed by atoms with Gasteiger partial charge in [-0.1, -0.05) is 78.1 Å². The first-order chi connectivity index (χ1) is 10.9. The van der Waals surface area contributed by atoms with Gasteiger partial charge in [0.05, 0.1) is 16.2 Å². The summed E-state index contributed by atoms with van der Waals surface area (Å²) in [5.74, 6) is 0. The molecule has 1 N–H and O–H groups in total. The summed E-state index contributed by atoms with van der Waals surface area (Å²) in [6.45, 7) is 4.10. The van der Waals surface area contributed by atoms with Gasteiger partial charge in [0.15, 0.2) is 0 Å². The first kappa shape index (κ1) is 27.7. The molecule has 0 rings (SSSR count). The van der Waals surface area contributed by atoms with Crippen molar-refractivity contribution in [2.45, 2.75) is 115 Å². The Bertz CT molecular complexity index is 360. The maximum Gasteiger partial charge on any atom is 1.00 e. The van der Waals surface area contributed by atoms with Crippen LogP contribution in [0.2, 0.25) is 0 Å². The van der Waals surface area contributed by atoms with Crippen LogP contribution in [-0.4, -0.2) is 29.4 Å². The Kier molecular flexibility index (Phi) is 20.7. The Morgan fingerprint density at radius 2 is 1.25 bits per heavy atom. The van der Waals surface area contributed by atoms with Crippen LogP contribution >= 0.6 is 0 Å². The zero-order chi connectivity index (χ0) is 17.6. The van der Waals surface area contributed by atoms with Gasteiger partial charge < -0.3 is 9.66 Å². The molecule has 0 heterocycles. The minimum atomic E-state index is -4.23. The first-order valence-corrected chi connectivity index (χ1v) is 11.0. The van der Waals surface area contributed by atoms with E-state index >= 15 is 0 Å². The average molecular weight is 389 g/mol. The monoisotopic (exact) mass is 388 g/mol. The Morgan fingerprint density at radius 3 is 1.71 bits per heavy atom. The van der Waals surface area contributed by atoms with Crippen molar-refractivity contribution in [2.24, 2.45) is 0 Å². The number of rotatable bonds is 16. The van der Waals surface area contributed by atoms with Gasteiger partial charge in [0.2, 0.25) is 0 Å². The quantitative estimate of drug-likeness (QED) is 0.248. The van der Waals surface area contributed by atoms with Crippen LogP contribution in [0.3, 0.4) is 0 Å². The predicted octanol–water partition coefficient (Wildman–Crippen LogP) is 1.77. The third-order valence-corrected chi connectivity index (χ3v) is 5.77. The number of aliphatic hydroxyl groups excluding tert-OH is 1. The summed E-state index contributed by atoms with van der Waals surface area (Å²) >= 11 is 0. The molecule has 6 heteroatoms. The second kappa shape index (κ2) is 17.9. The topological polar surface area (TPSA) is 77.4 Å². The van der Waals surface area contributed by atoms with Crippen molar-refractivity contribution in [3.63, 3.8) is 0 Å². The van der Waals surface area contributed by atoms with Gasteiger partial charge in [-0.05, 0) is 25.7 Å². The number of hydrogen-bond acceptors (Lipinski definition) is 4. The second-order valence-corrected chi connectivity index (χ2v) is 8.40. The van der Waals surface area contributed by atoms with E-state index in [-0.39, 0.29) is 57.8 Å². The van der Waals surface area contributed by atoms with Crippen LogP contribution in [0.4, 0.5) is 0 Å². The molecular weight excluding hydrogens is 351 g/mol. The molecule has 0 saturated heterocycles. The number of hydrogen-bond donors (Lipinski definition) is 1. The van der Waals surface area contributed by atoms with Crippen LogP contribution < -0.4 is 51.4 Å². The normalized spacial score (nSPS) is 14.2. The summed E-state index contributed by atoms with van der Waals surface area (Å²) in [5, 5.41) is 9.11. The van der Waals surface area contributed by atoms with Crippen molar-refractivity contribution in [1.82, 2.24) is 0 Å². The van der Waals surface area contributed by atoms with E-state index in [1.807, 2.05) is 6.92 Å². The fraction of sp³-hybridized carbons (Fsp3) is 1.00. The Balaban J connectivity index is 0. The van der Waals surface area contributed by atoms with E-state index in [2.05, 4.69) is 6.92 Å². The maximum atomic E-state index is 11.1. The molecule has 0 aliphatic heterocycles. The molecule has 0 bridgehead atoms. The molecule has 0 aromatic rings. The average Bonchev–Trinajstić information content (AvgIpc) is 2.48. The van der Waals surface area contributed by atoms with Crippen molar-refractivity contribution in [3.05, 3.63) is 0 Å². The Hall–Kier alpha value is 1.51. The molecule has 140 valence electrons. The largest absolute Gasteiger partial charge is 1.00 e. The molecule has 2 atom stereocenters. The van der Waals surface area contributed by atoms with Gasteiger partial charge in [0, 0.05) is 5.25 Å². The van der Waals surface area contributed by atoms with Crippen LogP contribution in [0.25, 0.3) is 0 Å². The molecule has 0 fully saturated rings. The molecule has 0 amide bonds. The molecule has 4 nitrogen and oxygen atoms in total. The van der Waals surface area contributed by atoms with E-state index in [4.69, 9.17) is 0 Å². The van der Waals surface area contributed by atoms with Crippen molar-refractivity contribution >= 4 is 10.1 Å². The second-order valence-electron chi connectivity index (χ2n) is 6.75. The van der Waals surface area contributed by atoms with Gasteiger partial charge in [0.1, 0.15) is 0 Å². The molecule has 0 aliphatic rings. The summed E-state index contributed by atoms with van der Waals surface area (Å²) in [5.41, 5.74) is 0. The zero-order valence-corrected chi connectivity index (χ0v) is 20.1. The first-order valence-electron chi connectivity index (χ1n) is 9.54. The summed E-state index contributed by atoms with van der Waals surface area (Å²) in [6, 6.07) is 0. The van der Waals surface area contributed by atoms with Gasteiger partial charge in [-0.25, -0.2) is 8.42 Å². The van der Waals surface area contributed by atoms with Crippen LogP contribution in [0.1, 0.15) is 104 Å². The summed E-state index contributed by atoms with van der Waals surface area (Å²) in [6.07, 6.45) is 13.2. The van der Waals surface area contributed by atoms with Gasteiger partial charge in [-0.15, -0.1) is 0 Å². The molecule has 0 aromatic heterocycles. The van der Waals surface area contributed by atoms with Crippen LogP contribution in [0, 0.1) is 0 Å². The molecule has 2 unspecified atom stereocenters. The van der Waals surface area contributed by atoms with Crippen molar-refractivity contribution in [3.8, 4) is 0 Å². The molecule has 24 heavy (non-hydrogen) atoms. The Labute approximate surface area is 192 Å². The SMILES string of the molecule is CCCCCCCCCCCC(O)CCC(CCC)S(=O)(=O)[O-].[K+]. The van der Waals surface area contributed by atoms with E-state index in [0.29, 0.717) is 25.7 Å². The van der Waals surface area contributed by atoms with E-state index in [9.17, 15) is 18.1 Å². The standard InChI is InChI=1S/C18H38O4S.K/c1-3-5-6-7-8-9-10-11-12-14-17(19)15-16-18(13-4-2)23(20,21)22;/h17-19H,3-16H2,1-2H3,(H,20,21,22);/q;+1/p-1. The van der Waals surface area contributed by atoms with Gasteiger partial charge in [-0.3, -0.25) is 0 Å². The molecule has 0 radical (unpaired) electrons. The third kappa shape index (κ3) is 16.9. The zero-order valence-electron chi connectivity index (χ0n) is 16.1. The molecular formula is C18H37KO4S. The van der Waals surface area contributed by atoms with Gasteiger partial charge >= 0.3 is 51.4 Å². The van der Waals surface area contributed by atoms with E-state index in [1.165, 1.54) is 44.9 Å². The van der Waals surface area contributed by atoms with Gasteiger partial charge in [0.25, 0.3) is 0 Å².